The minimum Gasteiger partial charge on any atom is -0.360 e. The highest BCUT2D eigenvalue weighted by Crippen LogP contribution is 2.19. The summed E-state index contributed by atoms with van der Waals surface area (Å²) in [5.41, 5.74) is 2.36. The van der Waals surface area contributed by atoms with Crippen molar-refractivity contribution >= 4 is 10.0 Å². The van der Waals surface area contributed by atoms with Crippen LogP contribution in [-0.4, -0.2) is 13.6 Å². The molecule has 0 spiro atoms. The van der Waals surface area contributed by atoms with Crippen molar-refractivity contribution < 1.29 is 12.9 Å². The van der Waals surface area contributed by atoms with Crippen molar-refractivity contribution in [1.82, 2.24) is 9.88 Å². The molecule has 1 aromatic carbocycles. The van der Waals surface area contributed by atoms with E-state index in [1.165, 1.54) is 0 Å². The van der Waals surface area contributed by atoms with Gasteiger partial charge in [-0.05, 0) is 31.9 Å². The van der Waals surface area contributed by atoms with Crippen molar-refractivity contribution in [1.29, 1.82) is 0 Å². The molecule has 1 aromatic heterocycles. The third-order valence-corrected chi connectivity index (χ3v) is 4.60. The van der Waals surface area contributed by atoms with Gasteiger partial charge in [-0.15, -0.1) is 0 Å². The molecule has 0 amide bonds. The van der Waals surface area contributed by atoms with Crippen molar-refractivity contribution in [2.24, 2.45) is 0 Å². The van der Waals surface area contributed by atoms with Crippen molar-refractivity contribution in [3.05, 3.63) is 46.8 Å². The molecular formula is C13H16N2O3S. The SMILES string of the molecule is Cc1ccccc1CNS(=O)(=O)c1c(C)noc1C. The molecule has 0 saturated heterocycles. The lowest BCUT2D eigenvalue weighted by atomic mass is 10.1. The largest absolute Gasteiger partial charge is 0.360 e. The molecule has 0 aliphatic heterocycles. The molecule has 0 radical (unpaired) electrons. The van der Waals surface area contributed by atoms with Crippen molar-refractivity contribution in [3.8, 4) is 0 Å². The van der Waals surface area contributed by atoms with E-state index in [4.69, 9.17) is 4.52 Å². The molecule has 2 rings (SSSR count). The van der Waals surface area contributed by atoms with Crippen molar-refractivity contribution in [2.45, 2.75) is 32.2 Å². The van der Waals surface area contributed by atoms with E-state index in [-0.39, 0.29) is 11.4 Å². The second kappa shape index (κ2) is 5.14. The molecular weight excluding hydrogens is 264 g/mol. The Morgan fingerprint density at radius 2 is 1.89 bits per heavy atom. The molecule has 1 heterocycles. The van der Waals surface area contributed by atoms with Gasteiger partial charge in [-0.3, -0.25) is 0 Å². The number of benzene rings is 1. The number of nitrogens with zero attached hydrogens (tertiary/aromatic N) is 1. The highest BCUT2D eigenvalue weighted by atomic mass is 32.2. The third-order valence-electron chi connectivity index (χ3n) is 2.95. The van der Waals surface area contributed by atoms with Gasteiger partial charge in [0.15, 0.2) is 5.76 Å². The predicted molar refractivity (Wildman–Crippen MR) is 71.2 cm³/mol. The van der Waals surface area contributed by atoms with Gasteiger partial charge in [0.2, 0.25) is 10.0 Å². The number of aromatic nitrogens is 1. The number of hydrogen-bond acceptors (Lipinski definition) is 4. The standard InChI is InChI=1S/C13H16N2O3S/c1-9-6-4-5-7-12(9)8-14-19(16,17)13-10(2)15-18-11(13)3/h4-7,14H,8H2,1-3H3. The monoisotopic (exact) mass is 280 g/mol. The summed E-state index contributed by atoms with van der Waals surface area (Å²) < 4.78 is 31.9. The Bertz CT molecular complexity index is 670. The highest BCUT2D eigenvalue weighted by Gasteiger charge is 2.23. The van der Waals surface area contributed by atoms with Gasteiger partial charge in [0.25, 0.3) is 0 Å². The van der Waals surface area contributed by atoms with Crippen LogP contribution in [0.5, 0.6) is 0 Å². The lowest BCUT2D eigenvalue weighted by Gasteiger charge is -2.08. The highest BCUT2D eigenvalue weighted by molar-refractivity contribution is 7.89. The van der Waals surface area contributed by atoms with Crippen molar-refractivity contribution in [3.63, 3.8) is 0 Å². The fourth-order valence-electron chi connectivity index (χ4n) is 1.91. The smallest absolute Gasteiger partial charge is 0.246 e. The Morgan fingerprint density at radius 3 is 2.47 bits per heavy atom. The Morgan fingerprint density at radius 1 is 1.21 bits per heavy atom. The summed E-state index contributed by atoms with van der Waals surface area (Å²) >= 11 is 0. The van der Waals surface area contributed by atoms with E-state index in [0.717, 1.165) is 11.1 Å². The summed E-state index contributed by atoms with van der Waals surface area (Å²) in [6.45, 7) is 5.39. The van der Waals surface area contributed by atoms with Crippen LogP contribution in [-0.2, 0) is 16.6 Å². The van der Waals surface area contributed by atoms with Gasteiger partial charge in [-0.25, -0.2) is 13.1 Å². The molecule has 2 aromatic rings. The van der Waals surface area contributed by atoms with Gasteiger partial charge in [0, 0.05) is 6.54 Å². The molecule has 0 bridgehead atoms. The zero-order valence-electron chi connectivity index (χ0n) is 11.1. The van der Waals surface area contributed by atoms with E-state index in [0.29, 0.717) is 11.5 Å². The first-order valence-electron chi connectivity index (χ1n) is 5.89. The molecule has 0 fully saturated rings. The van der Waals surface area contributed by atoms with Crippen LogP contribution in [0.3, 0.4) is 0 Å². The van der Waals surface area contributed by atoms with Crippen LogP contribution in [0, 0.1) is 20.8 Å². The first-order valence-corrected chi connectivity index (χ1v) is 7.37. The lowest BCUT2D eigenvalue weighted by molar-refractivity contribution is 0.390. The third kappa shape index (κ3) is 2.85. The molecule has 0 aliphatic rings. The summed E-state index contributed by atoms with van der Waals surface area (Å²) in [6.07, 6.45) is 0. The summed E-state index contributed by atoms with van der Waals surface area (Å²) in [7, 11) is -3.60. The van der Waals surface area contributed by atoms with Gasteiger partial charge < -0.3 is 4.52 Å². The zero-order chi connectivity index (χ0) is 14.0. The molecule has 0 unspecified atom stereocenters. The second-order valence-electron chi connectivity index (χ2n) is 4.40. The van der Waals surface area contributed by atoms with Crippen LogP contribution in [0.15, 0.2) is 33.7 Å². The van der Waals surface area contributed by atoms with E-state index >= 15 is 0 Å². The van der Waals surface area contributed by atoms with Gasteiger partial charge in [0.1, 0.15) is 10.6 Å². The number of nitrogens with one attached hydrogen (secondary N) is 1. The number of rotatable bonds is 4. The van der Waals surface area contributed by atoms with Gasteiger partial charge in [-0.2, -0.15) is 0 Å². The maximum atomic E-state index is 12.2. The van der Waals surface area contributed by atoms with Crippen LogP contribution in [0.25, 0.3) is 0 Å². The minimum atomic E-state index is -3.60. The maximum Gasteiger partial charge on any atom is 0.246 e. The van der Waals surface area contributed by atoms with Crippen molar-refractivity contribution in [2.75, 3.05) is 0 Å². The average molecular weight is 280 g/mol. The van der Waals surface area contributed by atoms with E-state index < -0.39 is 10.0 Å². The maximum absolute atomic E-state index is 12.2. The molecule has 0 aliphatic carbocycles. The van der Waals surface area contributed by atoms with Crippen LogP contribution in [0.2, 0.25) is 0 Å². The van der Waals surface area contributed by atoms with Crippen LogP contribution in [0.1, 0.15) is 22.6 Å². The van der Waals surface area contributed by atoms with E-state index in [2.05, 4.69) is 9.88 Å². The molecule has 0 atom stereocenters. The quantitative estimate of drug-likeness (QED) is 0.930. The molecule has 6 heteroatoms. The molecule has 102 valence electrons. The fourth-order valence-corrected chi connectivity index (χ4v) is 3.24. The second-order valence-corrected chi connectivity index (χ2v) is 6.11. The summed E-state index contributed by atoms with van der Waals surface area (Å²) in [5, 5.41) is 3.66. The predicted octanol–water partition coefficient (Wildman–Crippen LogP) is 2.08. The average Bonchev–Trinajstić information content (AvgIpc) is 2.69. The first-order chi connectivity index (χ1) is 8.92. The summed E-state index contributed by atoms with van der Waals surface area (Å²) in [4.78, 5) is 0.126. The van der Waals surface area contributed by atoms with Gasteiger partial charge in [0.05, 0.1) is 0 Å². The molecule has 0 saturated carbocycles. The van der Waals surface area contributed by atoms with Crippen LogP contribution in [0.4, 0.5) is 0 Å². The van der Waals surface area contributed by atoms with E-state index in [1.54, 1.807) is 13.8 Å². The van der Waals surface area contributed by atoms with Crippen LogP contribution < -0.4 is 4.72 Å². The Hall–Kier alpha value is -1.66. The number of aryl methyl sites for hydroxylation is 3. The van der Waals surface area contributed by atoms with Gasteiger partial charge >= 0.3 is 0 Å². The van der Waals surface area contributed by atoms with Crippen LogP contribution >= 0.6 is 0 Å². The molecule has 19 heavy (non-hydrogen) atoms. The topological polar surface area (TPSA) is 72.2 Å². The summed E-state index contributed by atoms with van der Waals surface area (Å²) in [6, 6.07) is 7.64. The zero-order valence-corrected chi connectivity index (χ0v) is 11.9. The number of sulfonamides is 1. The Kier molecular flexibility index (Phi) is 3.73. The van der Waals surface area contributed by atoms with E-state index in [1.807, 2.05) is 31.2 Å². The summed E-state index contributed by atoms with van der Waals surface area (Å²) in [5.74, 6) is 0.301. The van der Waals surface area contributed by atoms with Gasteiger partial charge in [-0.1, -0.05) is 29.4 Å². The Labute approximate surface area is 112 Å². The normalized spacial score (nSPS) is 11.7. The molecule has 5 nitrogen and oxygen atoms in total. The number of hydrogen-bond donors (Lipinski definition) is 1. The fraction of sp³-hybridized carbons (Fsp3) is 0.308. The first kappa shape index (κ1) is 13.8. The Balaban J connectivity index is 2.22. The lowest BCUT2D eigenvalue weighted by Crippen LogP contribution is -2.24. The minimum absolute atomic E-state index is 0.126. The molecule has 1 N–H and O–H groups in total. The van der Waals surface area contributed by atoms with E-state index in [9.17, 15) is 8.42 Å².